The second-order valence-electron chi connectivity index (χ2n) is 3.44. The molecule has 1 aromatic heterocycles. The van der Waals surface area contributed by atoms with Crippen molar-refractivity contribution in [2.24, 2.45) is 0 Å². The fourth-order valence-electron chi connectivity index (χ4n) is 1.17. The van der Waals surface area contributed by atoms with E-state index < -0.39 is 0 Å². The predicted molar refractivity (Wildman–Crippen MR) is 61.8 cm³/mol. The summed E-state index contributed by atoms with van der Waals surface area (Å²) in [5, 5.41) is 3.09. The lowest BCUT2D eigenvalue weighted by atomic mass is 10.2. The van der Waals surface area contributed by atoms with E-state index in [-0.39, 0.29) is 11.1 Å². The van der Waals surface area contributed by atoms with Gasteiger partial charge in [0.15, 0.2) is 0 Å². The van der Waals surface area contributed by atoms with E-state index in [0.29, 0.717) is 21.9 Å². The molecule has 15 heavy (non-hydrogen) atoms. The molecule has 1 amide bonds. The average Bonchev–Trinajstić information content (AvgIpc) is 2.94. The second kappa shape index (κ2) is 3.98. The van der Waals surface area contributed by atoms with Crippen LogP contribution in [0.2, 0.25) is 5.15 Å². The maximum Gasteiger partial charge on any atom is 0.253 e. The second-order valence-corrected chi connectivity index (χ2v) is 4.58. The summed E-state index contributed by atoms with van der Waals surface area (Å²) in [4.78, 5) is 15.6. The van der Waals surface area contributed by atoms with Gasteiger partial charge in [-0.25, -0.2) is 4.98 Å². The highest BCUT2D eigenvalue weighted by molar-refractivity contribution is 9.10. The molecule has 6 heteroatoms. The molecule has 2 rings (SSSR count). The van der Waals surface area contributed by atoms with Crippen LogP contribution in [0.25, 0.3) is 0 Å². The zero-order valence-corrected chi connectivity index (χ0v) is 10.1. The number of nitrogens with zero attached hydrogens (tertiary/aromatic N) is 1. The molecular weight excluding hydrogens is 281 g/mol. The molecule has 0 aromatic carbocycles. The van der Waals surface area contributed by atoms with Crippen molar-refractivity contribution < 1.29 is 4.79 Å². The molecule has 0 radical (unpaired) electrons. The van der Waals surface area contributed by atoms with Gasteiger partial charge in [0, 0.05) is 6.04 Å². The number of halogens is 2. The van der Waals surface area contributed by atoms with Gasteiger partial charge in [-0.1, -0.05) is 11.6 Å². The Morgan fingerprint density at radius 1 is 1.67 bits per heavy atom. The van der Waals surface area contributed by atoms with E-state index in [1.807, 2.05) is 0 Å². The lowest BCUT2D eigenvalue weighted by Gasteiger charge is -2.07. The van der Waals surface area contributed by atoms with Gasteiger partial charge in [-0.2, -0.15) is 0 Å². The van der Waals surface area contributed by atoms with E-state index in [0.717, 1.165) is 12.8 Å². The Kier molecular flexibility index (Phi) is 2.84. The van der Waals surface area contributed by atoms with Gasteiger partial charge >= 0.3 is 0 Å². The summed E-state index contributed by atoms with van der Waals surface area (Å²) in [5.41, 5.74) is 6.41. The first-order valence-corrected chi connectivity index (χ1v) is 5.67. The predicted octanol–water partition coefficient (Wildman–Crippen LogP) is 1.97. The molecular formula is C9H9BrClN3O. The highest BCUT2D eigenvalue weighted by atomic mass is 79.9. The van der Waals surface area contributed by atoms with Crippen LogP contribution < -0.4 is 11.1 Å². The molecule has 4 nitrogen and oxygen atoms in total. The molecule has 80 valence electrons. The summed E-state index contributed by atoms with van der Waals surface area (Å²) in [7, 11) is 0. The number of amides is 1. The number of pyridine rings is 1. The third-order valence-corrected chi connectivity index (χ3v) is 2.94. The Bertz CT molecular complexity index is 420. The monoisotopic (exact) mass is 289 g/mol. The molecule has 1 aliphatic rings. The standard InChI is InChI=1S/C9H9BrClN3O/c10-8-7(12)5(3-6(11)14-8)9(15)13-4-1-2-4/h3-4H,1-2,12H2,(H,13,15). The van der Waals surface area contributed by atoms with E-state index in [1.54, 1.807) is 0 Å². The summed E-state index contributed by atoms with van der Waals surface area (Å²) in [6, 6.07) is 1.77. The van der Waals surface area contributed by atoms with Gasteiger partial charge in [0.25, 0.3) is 5.91 Å². The fraction of sp³-hybridized carbons (Fsp3) is 0.333. The number of anilines is 1. The van der Waals surface area contributed by atoms with E-state index in [1.165, 1.54) is 6.07 Å². The normalized spacial score (nSPS) is 15.1. The first-order valence-electron chi connectivity index (χ1n) is 4.50. The highest BCUT2D eigenvalue weighted by Gasteiger charge is 2.25. The summed E-state index contributed by atoms with van der Waals surface area (Å²) in [6.07, 6.45) is 2.07. The molecule has 0 spiro atoms. The zero-order valence-electron chi connectivity index (χ0n) is 7.76. The lowest BCUT2D eigenvalue weighted by Crippen LogP contribution is -2.26. The van der Waals surface area contributed by atoms with Gasteiger partial charge < -0.3 is 11.1 Å². The Balaban J connectivity index is 2.28. The third kappa shape index (κ3) is 2.41. The minimum atomic E-state index is -0.194. The van der Waals surface area contributed by atoms with E-state index >= 15 is 0 Å². The number of carbonyl (C=O) groups is 1. The minimum Gasteiger partial charge on any atom is -0.396 e. The van der Waals surface area contributed by atoms with E-state index in [9.17, 15) is 4.79 Å². The number of hydrogen-bond acceptors (Lipinski definition) is 3. The Labute approximate surface area is 100 Å². The smallest absolute Gasteiger partial charge is 0.253 e. The number of aromatic nitrogens is 1. The van der Waals surface area contributed by atoms with Crippen LogP contribution in [0.3, 0.4) is 0 Å². The lowest BCUT2D eigenvalue weighted by molar-refractivity contribution is 0.0952. The van der Waals surface area contributed by atoms with Gasteiger partial charge in [0.1, 0.15) is 9.76 Å². The number of nitrogen functional groups attached to an aromatic ring is 1. The van der Waals surface area contributed by atoms with Gasteiger partial charge in [-0.15, -0.1) is 0 Å². The number of nitrogens with two attached hydrogens (primary N) is 1. The van der Waals surface area contributed by atoms with Crippen LogP contribution in [0.4, 0.5) is 5.69 Å². The Morgan fingerprint density at radius 3 is 2.93 bits per heavy atom. The Morgan fingerprint density at radius 2 is 2.33 bits per heavy atom. The Hall–Kier alpha value is -0.810. The molecule has 0 unspecified atom stereocenters. The van der Waals surface area contributed by atoms with Crippen LogP contribution >= 0.6 is 27.5 Å². The maximum atomic E-state index is 11.7. The van der Waals surface area contributed by atoms with Crippen LogP contribution in [0.15, 0.2) is 10.7 Å². The van der Waals surface area contributed by atoms with Gasteiger partial charge in [0.05, 0.1) is 11.3 Å². The van der Waals surface area contributed by atoms with Gasteiger partial charge in [-0.3, -0.25) is 4.79 Å². The van der Waals surface area contributed by atoms with Crippen molar-refractivity contribution in [1.82, 2.24) is 10.3 Å². The molecule has 0 bridgehead atoms. The minimum absolute atomic E-state index is 0.194. The van der Waals surface area contributed by atoms with Crippen molar-refractivity contribution in [3.8, 4) is 0 Å². The summed E-state index contributed by atoms with van der Waals surface area (Å²) in [5.74, 6) is -0.194. The molecule has 3 N–H and O–H groups in total. The molecule has 1 saturated carbocycles. The summed E-state index contributed by atoms with van der Waals surface area (Å²) in [6.45, 7) is 0. The van der Waals surface area contributed by atoms with Crippen molar-refractivity contribution >= 4 is 39.1 Å². The van der Waals surface area contributed by atoms with Crippen molar-refractivity contribution in [2.45, 2.75) is 18.9 Å². The molecule has 0 saturated heterocycles. The SMILES string of the molecule is Nc1c(C(=O)NC2CC2)cc(Cl)nc1Br. The third-order valence-electron chi connectivity index (χ3n) is 2.14. The van der Waals surface area contributed by atoms with Crippen molar-refractivity contribution in [3.63, 3.8) is 0 Å². The fourth-order valence-corrected chi connectivity index (χ4v) is 1.87. The molecule has 1 heterocycles. The van der Waals surface area contributed by atoms with Gasteiger partial charge in [-0.05, 0) is 34.8 Å². The largest absolute Gasteiger partial charge is 0.396 e. The van der Waals surface area contributed by atoms with E-state index in [2.05, 4.69) is 26.2 Å². The van der Waals surface area contributed by atoms with Crippen molar-refractivity contribution in [3.05, 3.63) is 21.4 Å². The molecule has 1 aromatic rings. The van der Waals surface area contributed by atoms with E-state index in [4.69, 9.17) is 17.3 Å². The number of carbonyl (C=O) groups excluding carboxylic acids is 1. The van der Waals surface area contributed by atoms with Crippen LogP contribution in [0.5, 0.6) is 0 Å². The zero-order chi connectivity index (χ0) is 11.0. The number of nitrogens with one attached hydrogen (secondary N) is 1. The van der Waals surface area contributed by atoms with Crippen LogP contribution in [-0.2, 0) is 0 Å². The first kappa shape index (κ1) is 10.7. The molecule has 0 atom stereocenters. The maximum absolute atomic E-state index is 11.7. The van der Waals surface area contributed by atoms with Crippen LogP contribution in [0.1, 0.15) is 23.2 Å². The molecule has 0 aliphatic heterocycles. The van der Waals surface area contributed by atoms with Crippen molar-refractivity contribution in [1.29, 1.82) is 0 Å². The highest BCUT2D eigenvalue weighted by Crippen LogP contribution is 2.26. The first-order chi connectivity index (χ1) is 7.08. The van der Waals surface area contributed by atoms with Crippen molar-refractivity contribution in [2.75, 3.05) is 5.73 Å². The van der Waals surface area contributed by atoms with Gasteiger partial charge in [0.2, 0.25) is 0 Å². The molecule has 1 aliphatic carbocycles. The topological polar surface area (TPSA) is 68.0 Å². The van der Waals surface area contributed by atoms with Crippen LogP contribution in [-0.4, -0.2) is 16.9 Å². The summed E-state index contributed by atoms with van der Waals surface area (Å²) < 4.78 is 0.399. The van der Waals surface area contributed by atoms with Crippen LogP contribution in [0, 0.1) is 0 Å². The quantitative estimate of drug-likeness (QED) is 0.818. The number of rotatable bonds is 2. The average molecular weight is 291 g/mol. The summed E-state index contributed by atoms with van der Waals surface area (Å²) >= 11 is 8.89. The number of hydrogen-bond donors (Lipinski definition) is 2. The molecule has 1 fully saturated rings.